The summed E-state index contributed by atoms with van der Waals surface area (Å²) in [6.45, 7) is 11.6. The highest BCUT2D eigenvalue weighted by Crippen LogP contribution is 2.22. The predicted octanol–water partition coefficient (Wildman–Crippen LogP) is 3.50. The second kappa shape index (κ2) is 6.38. The first kappa shape index (κ1) is 18.0. The molecular weight excluding hydrogens is 280 g/mol. The Hall–Kier alpha value is -2.04. The van der Waals surface area contributed by atoms with E-state index >= 15 is 0 Å². The van der Waals surface area contributed by atoms with Crippen LogP contribution in [-0.4, -0.2) is 29.7 Å². The number of amides is 2. The van der Waals surface area contributed by atoms with Crippen LogP contribution >= 0.6 is 0 Å². The van der Waals surface area contributed by atoms with Gasteiger partial charge in [-0.2, -0.15) is 0 Å². The Bertz CT molecular complexity index is 537. The third-order valence-corrected chi connectivity index (χ3v) is 2.95. The molecule has 0 fully saturated rings. The summed E-state index contributed by atoms with van der Waals surface area (Å²) in [5, 5.41) is 1.05. The summed E-state index contributed by atoms with van der Waals surface area (Å²) in [6.07, 6.45) is -0.604. The fourth-order valence-electron chi connectivity index (χ4n) is 1.71. The maximum atomic E-state index is 12.1. The lowest BCUT2D eigenvalue weighted by molar-refractivity contribution is 0.0195. The first-order valence-corrected chi connectivity index (χ1v) is 7.28. The number of hydrogen-bond acceptors (Lipinski definition) is 3. The first-order chi connectivity index (χ1) is 9.90. The van der Waals surface area contributed by atoms with Gasteiger partial charge in [0.15, 0.2) is 0 Å². The third kappa shape index (κ3) is 5.39. The maximum Gasteiger partial charge on any atom is 0.428 e. The zero-order valence-corrected chi connectivity index (χ0v) is 14.5. The van der Waals surface area contributed by atoms with Crippen molar-refractivity contribution >= 4 is 12.0 Å². The van der Waals surface area contributed by atoms with Crippen molar-refractivity contribution in [1.82, 2.24) is 10.4 Å². The summed E-state index contributed by atoms with van der Waals surface area (Å²) >= 11 is 0. The van der Waals surface area contributed by atoms with E-state index in [2.05, 4.69) is 26.2 Å². The minimum Gasteiger partial charge on any atom is -0.442 e. The monoisotopic (exact) mass is 306 g/mol. The molecule has 0 radical (unpaired) electrons. The van der Waals surface area contributed by atoms with Crippen LogP contribution in [-0.2, 0) is 10.2 Å². The average molecular weight is 306 g/mol. The molecule has 0 atom stereocenters. The Labute approximate surface area is 132 Å². The Morgan fingerprint density at radius 3 is 1.91 bits per heavy atom. The molecule has 0 heterocycles. The smallest absolute Gasteiger partial charge is 0.428 e. The van der Waals surface area contributed by atoms with Crippen LogP contribution < -0.4 is 5.43 Å². The molecule has 1 rings (SSSR count). The molecule has 0 saturated carbocycles. The van der Waals surface area contributed by atoms with Crippen molar-refractivity contribution in [1.29, 1.82) is 0 Å². The minimum absolute atomic E-state index is 0.0301. The molecule has 0 aliphatic rings. The van der Waals surface area contributed by atoms with E-state index in [1.165, 1.54) is 7.05 Å². The highest BCUT2D eigenvalue weighted by molar-refractivity contribution is 5.94. The third-order valence-electron chi connectivity index (χ3n) is 2.95. The SMILES string of the molecule is CN(NC(=O)c1ccc(C(C)(C)C)cc1)C(=O)OC(C)(C)C. The quantitative estimate of drug-likeness (QED) is 0.808. The van der Waals surface area contributed by atoms with Gasteiger partial charge in [0.2, 0.25) is 0 Å². The van der Waals surface area contributed by atoms with E-state index in [1.54, 1.807) is 32.9 Å². The van der Waals surface area contributed by atoms with Gasteiger partial charge in [0, 0.05) is 12.6 Å². The van der Waals surface area contributed by atoms with Gasteiger partial charge in [0.05, 0.1) is 0 Å². The number of carbonyl (C=O) groups excluding carboxylic acids is 2. The zero-order valence-electron chi connectivity index (χ0n) is 14.5. The van der Waals surface area contributed by atoms with E-state index in [-0.39, 0.29) is 11.3 Å². The Balaban J connectivity index is 2.71. The lowest BCUT2D eigenvalue weighted by atomic mass is 9.87. The van der Waals surface area contributed by atoms with Crippen molar-refractivity contribution in [3.63, 3.8) is 0 Å². The van der Waals surface area contributed by atoms with Crippen molar-refractivity contribution in [3.8, 4) is 0 Å². The summed E-state index contributed by atoms with van der Waals surface area (Å²) in [5.74, 6) is -0.353. The van der Waals surface area contributed by atoms with Gasteiger partial charge in [0.25, 0.3) is 5.91 Å². The molecule has 0 unspecified atom stereocenters. The van der Waals surface area contributed by atoms with Gasteiger partial charge in [-0.15, -0.1) is 0 Å². The van der Waals surface area contributed by atoms with Crippen LogP contribution in [0.15, 0.2) is 24.3 Å². The van der Waals surface area contributed by atoms with Crippen LogP contribution in [0.2, 0.25) is 0 Å². The van der Waals surface area contributed by atoms with E-state index < -0.39 is 11.7 Å². The number of nitrogens with one attached hydrogen (secondary N) is 1. The molecular formula is C17H26N2O3. The number of benzene rings is 1. The van der Waals surface area contributed by atoms with Crippen molar-refractivity contribution in [3.05, 3.63) is 35.4 Å². The van der Waals surface area contributed by atoms with Crippen LogP contribution in [0.3, 0.4) is 0 Å². The number of ether oxygens (including phenoxy) is 1. The Morgan fingerprint density at radius 2 is 1.50 bits per heavy atom. The van der Waals surface area contributed by atoms with E-state index in [0.717, 1.165) is 10.6 Å². The summed E-state index contributed by atoms with van der Waals surface area (Å²) in [7, 11) is 1.45. The van der Waals surface area contributed by atoms with Gasteiger partial charge in [0.1, 0.15) is 5.60 Å². The van der Waals surface area contributed by atoms with Crippen LogP contribution in [0.25, 0.3) is 0 Å². The molecule has 0 saturated heterocycles. The molecule has 0 spiro atoms. The van der Waals surface area contributed by atoms with E-state index in [0.29, 0.717) is 5.56 Å². The summed E-state index contributed by atoms with van der Waals surface area (Å²) in [4.78, 5) is 23.9. The van der Waals surface area contributed by atoms with Crippen molar-refractivity contribution in [2.24, 2.45) is 0 Å². The molecule has 122 valence electrons. The fraction of sp³-hybridized carbons (Fsp3) is 0.529. The molecule has 0 aromatic heterocycles. The first-order valence-electron chi connectivity index (χ1n) is 7.28. The van der Waals surface area contributed by atoms with E-state index in [1.807, 2.05) is 12.1 Å². The van der Waals surface area contributed by atoms with Crippen molar-refractivity contribution in [2.75, 3.05) is 7.05 Å². The maximum absolute atomic E-state index is 12.1. The molecule has 0 aliphatic heterocycles. The normalized spacial score (nSPS) is 11.8. The molecule has 1 aromatic carbocycles. The van der Waals surface area contributed by atoms with Crippen LogP contribution in [0, 0.1) is 0 Å². The number of rotatable bonds is 1. The number of nitrogens with zero attached hydrogens (tertiary/aromatic N) is 1. The molecule has 2 amide bonds. The average Bonchev–Trinajstić information content (AvgIpc) is 2.35. The highest BCUT2D eigenvalue weighted by Gasteiger charge is 2.21. The van der Waals surface area contributed by atoms with E-state index in [9.17, 15) is 9.59 Å². The minimum atomic E-state index is -0.607. The molecule has 0 aliphatic carbocycles. The Kier molecular flexibility index (Phi) is 5.22. The zero-order chi connectivity index (χ0) is 17.1. The van der Waals surface area contributed by atoms with Gasteiger partial charge in [-0.05, 0) is 43.9 Å². The second-order valence-electron chi connectivity index (χ2n) is 7.31. The molecule has 5 nitrogen and oxygen atoms in total. The standard InChI is InChI=1S/C17H26N2O3/c1-16(2,3)13-10-8-12(9-11-13)14(20)18-19(7)15(21)22-17(4,5)6/h8-11H,1-7H3,(H,18,20). The molecule has 1 N–H and O–H groups in total. The fourth-order valence-corrected chi connectivity index (χ4v) is 1.71. The van der Waals surface area contributed by atoms with E-state index in [4.69, 9.17) is 4.74 Å². The van der Waals surface area contributed by atoms with Gasteiger partial charge in [-0.1, -0.05) is 32.9 Å². The van der Waals surface area contributed by atoms with Crippen molar-refractivity contribution in [2.45, 2.75) is 52.6 Å². The summed E-state index contributed by atoms with van der Waals surface area (Å²) in [6, 6.07) is 7.34. The lowest BCUT2D eigenvalue weighted by Crippen LogP contribution is -2.45. The van der Waals surface area contributed by atoms with Gasteiger partial charge in [-0.25, -0.2) is 9.80 Å². The summed E-state index contributed by atoms with van der Waals surface area (Å²) in [5.41, 5.74) is 3.55. The Morgan fingerprint density at radius 1 is 1.00 bits per heavy atom. The second-order valence-corrected chi connectivity index (χ2v) is 7.31. The van der Waals surface area contributed by atoms with Gasteiger partial charge >= 0.3 is 6.09 Å². The van der Waals surface area contributed by atoms with Gasteiger partial charge in [-0.3, -0.25) is 10.2 Å². The lowest BCUT2D eigenvalue weighted by Gasteiger charge is -2.25. The van der Waals surface area contributed by atoms with Crippen LogP contribution in [0.4, 0.5) is 4.79 Å². The van der Waals surface area contributed by atoms with Crippen LogP contribution in [0.1, 0.15) is 57.5 Å². The number of hydrazine groups is 1. The number of hydrogen-bond donors (Lipinski definition) is 1. The van der Waals surface area contributed by atoms with Crippen molar-refractivity contribution < 1.29 is 14.3 Å². The largest absolute Gasteiger partial charge is 0.442 e. The molecule has 5 heteroatoms. The molecule has 22 heavy (non-hydrogen) atoms. The summed E-state index contributed by atoms with van der Waals surface area (Å²) < 4.78 is 5.17. The number of carbonyl (C=O) groups is 2. The highest BCUT2D eigenvalue weighted by atomic mass is 16.6. The molecule has 1 aromatic rings. The van der Waals surface area contributed by atoms with Crippen LogP contribution in [0.5, 0.6) is 0 Å². The predicted molar refractivity (Wildman–Crippen MR) is 86.6 cm³/mol. The van der Waals surface area contributed by atoms with Gasteiger partial charge < -0.3 is 4.74 Å². The molecule has 0 bridgehead atoms. The topological polar surface area (TPSA) is 58.6 Å².